The summed E-state index contributed by atoms with van der Waals surface area (Å²) in [5.41, 5.74) is 11.0. The molecule has 0 bridgehead atoms. The molecular weight excluding hydrogens is 793 g/mol. The van der Waals surface area contributed by atoms with E-state index in [1.54, 1.807) is 11.3 Å². The lowest BCUT2D eigenvalue weighted by Gasteiger charge is -2.12. The van der Waals surface area contributed by atoms with Crippen LogP contribution in [-0.4, -0.2) is 19.1 Å². The minimum Gasteiger partial charge on any atom is -0.309 e. The molecule has 0 radical (unpaired) electrons. The van der Waals surface area contributed by atoms with Gasteiger partial charge in [-0.2, -0.15) is 0 Å². The molecule has 0 fully saturated rings. The van der Waals surface area contributed by atoms with Crippen LogP contribution >= 0.6 is 22.7 Å². The van der Waals surface area contributed by atoms with Crippen molar-refractivity contribution in [2.45, 2.75) is 0 Å². The van der Waals surface area contributed by atoms with Gasteiger partial charge in [0.25, 0.3) is 0 Å². The summed E-state index contributed by atoms with van der Waals surface area (Å²) < 4.78 is 9.78. The smallest absolute Gasteiger partial charge is 0.160 e. The van der Waals surface area contributed by atoms with Crippen molar-refractivity contribution in [3.63, 3.8) is 0 Å². The Labute approximate surface area is 362 Å². The third-order valence-corrected chi connectivity index (χ3v) is 15.1. The molecule has 14 rings (SSSR count). The van der Waals surface area contributed by atoms with Gasteiger partial charge in [0.05, 0.1) is 38.0 Å². The number of hydrogen-bond donors (Lipinski definition) is 0. The van der Waals surface area contributed by atoms with Crippen LogP contribution in [0, 0.1) is 0 Å². The molecule has 0 atom stereocenters. The van der Waals surface area contributed by atoms with E-state index >= 15 is 0 Å². The van der Waals surface area contributed by atoms with Gasteiger partial charge in [-0.25, -0.2) is 9.97 Å². The van der Waals surface area contributed by atoms with Crippen molar-refractivity contribution in [3.05, 3.63) is 194 Å². The van der Waals surface area contributed by atoms with Crippen LogP contribution in [0.25, 0.3) is 129 Å². The molecule has 0 N–H and O–H groups in total. The second-order valence-corrected chi connectivity index (χ2v) is 18.2. The summed E-state index contributed by atoms with van der Waals surface area (Å²) in [6.07, 6.45) is 0. The maximum atomic E-state index is 5.47. The van der Waals surface area contributed by atoms with Gasteiger partial charge in [-0.1, -0.05) is 127 Å². The van der Waals surface area contributed by atoms with Crippen LogP contribution in [0.5, 0.6) is 0 Å². The molecule has 288 valence electrons. The number of para-hydroxylation sites is 3. The Morgan fingerprint density at radius 1 is 0.355 bits per heavy atom. The highest BCUT2D eigenvalue weighted by Gasteiger charge is 2.23. The molecule has 5 aromatic heterocycles. The summed E-state index contributed by atoms with van der Waals surface area (Å²) in [4.78, 5) is 10.8. The Balaban J connectivity index is 0.991. The van der Waals surface area contributed by atoms with Crippen molar-refractivity contribution in [1.29, 1.82) is 0 Å². The number of nitrogens with zero attached hydrogens (tertiary/aromatic N) is 4. The van der Waals surface area contributed by atoms with Gasteiger partial charge in [0, 0.05) is 79.7 Å². The number of thiophene rings is 2. The van der Waals surface area contributed by atoms with Crippen molar-refractivity contribution in [2.24, 2.45) is 0 Å². The molecule has 14 aromatic rings. The number of aromatic nitrogens is 4. The van der Waals surface area contributed by atoms with Crippen molar-refractivity contribution < 1.29 is 0 Å². The Kier molecular flexibility index (Phi) is 7.11. The summed E-state index contributed by atoms with van der Waals surface area (Å²) in [6.45, 7) is 0. The molecule has 0 spiro atoms. The second kappa shape index (κ2) is 12.9. The highest BCUT2D eigenvalue weighted by atomic mass is 32.1. The lowest BCUT2D eigenvalue weighted by Crippen LogP contribution is -1.96. The molecule has 0 saturated carbocycles. The van der Waals surface area contributed by atoms with Crippen LogP contribution in [0.1, 0.15) is 0 Å². The van der Waals surface area contributed by atoms with E-state index in [0.717, 1.165) is 55.1 Å². The lowest BCUT2D eigenvalue weighted by molar-refractivity contribution is 1.18. The van der Waals surface area contributed by atoms with Crippen molar-refractivity contribution in [3.8, 4) is 34.0 Å². The maximum Gasteiger partial charge on any atom is 0.160 e. The summed E-state index contributed by atoms with van der Waals surface area (Å²) in [5.74, 6) is 0.722. The lowest BCUT2D eigenvalue weighted by atomic mass is 10.00. The maximum absolute atomic E-state index is 5.47. The molecule has 0 amide bonds. The van der Waals surface area contributed by atoms with E-state index in [4.69, 9.17) is 9.97 Å². The fourth-order valence-corrected chi connectivity index (χ4v) is 12.4. The van der Waals surface area contributed by atoms with E-state index in [0.29, 0.717) is 0 Å². The van der Waals surface area contributed by atoms with E-state index in [1.165, 1.54) is 73.7 Å². The van der Waals surface area contributed by atoms with E-state index < -0.39 is 0 Å². The molecular formula is C56H32N4S2. The Morgan fingerprint density at radius 2 is 0.919 bits per heavy atom. The van der Waals surface area contributed by atoms with Gasteiger partial charge in [0.1, 0.15) is 0 Å². The SMILES string of the molecule is c1ccc(-n2c3ccccc3c3cc(-c4nc(-c5ccc(-n6c7ccccc7c7c8ccccc8c8sc9ccccc9c8c76)cc5)c5sc6ccccc6c5n4)ccc32)cc1. The average molecular weight is 825 g/mol. The normalized spacial score (nSPS) is 12.2. The first-order valence-corrected chi connectivity index (χ1v) is 22.5. The van der Waals surface area contributed by atoms with Gasteiger partial charge in [-0.3, -0.25) is 0 Å². The molecule has 0 saturated heterocycles. The summed E-state index contributed by atoms with van der Waals surface area (Å²) >= 11 is 3.67. The van der Waals surface area contributed by atoms with Gasteiger partial charge in [-0.15, -0.1) is 22.7 Å². The zero-order valence-corrected chi connectivity index (χ0v) is 34.7. The predicted octanol–water partition coefficient (Wildman–Crippen LogP) is 15.9. The van der Waals surface area contributed by atoms with Crippen molar-refractivity contribution in [1.82, 2.24) is 19.1 Å². The number of benzene rings is 9. The number of hydrogen-bond acceptors (Lipinski definition) is 4. The van der Waals surface area contributed by atoms with Crippen LogP contribution in [0.4, 0.5) is 0 Å². The monoisotopic (exact) mass is 824 g/mol. The van der Waals surface area contributed by atoms with E-state index in [9.17, 15) is 0 Å². The highest BCUT2D eigenvalue weighted by molar-refractivity contribution is 7.27. The Morgan fingerprint density at radius 3 is 1.71 bits per heavy atom. The minimum atomic E-state index is 0.722. The molecule has 5 heterocycles. The molecule has 62 heavy (non-hydrogen) atoms. The zero-order chi connectivity index (χ0) is 40.5. The first-order chi connectivity index (χ1) is 30.8. The van der Waals surface area contributed by atoms with Gasteiger partial charge in [0.2, 0.25) is 0 Å². The fraction of sp³-hybridized carbons (Fsp3) is 0. The predicted molar refractivity (Wildman–Crippen MR) is 265 cm³/mol. The summed E-state index contributed by atoms with van der Waals surface area (Å²) in [7, 11) is 0. The van der Waals surface area contributed by atoms with E-state index in [-0.39, 0.29) is 0 Å². The fourth-order valence-electron chi connectivity index (χ4n) is 10.0. The Hall–Kier alpha value is -7.64. The topological polar surface area (TPSA) is 35.6 Å². The third-order valence-electron chi connectivity index (χ3n) is 12.7. The highest BCUT2D eigenvalue weighted by Crippen LogP contribution is 2.48. The third kappa shape index (κ3) is 4.76. The summed E-state index contributed by atoms with van der Waals surface area (Å²) in [5, 5.41) is 11.3. The van der Waals surface area contributed by atoms with Gasteiger partial charge in [0.15, 0.2) is 5.82 Å². The molecule has 4 nitrogen and oxygen atoms in total. The second-order valence-electron chi connectivity index (χ2n) is 16.1. The largest absolute Gasteiger partial charge is 0.309 e. The quantitative estimate of drug-likeness (QED) is 0.177. The van der Waals surface area contributed by atoms with E-state index in [1.807, 2.05) is 11.3 Å². The standard InChI is InChI=1S/C56H32N4S2/c1-2-14-35(15-3-1)59-44-22-10-6-16-37(44)43-32-34(28-31-46(43)59)56-57-51(55-52(58-56)42-21-9-13-25-48(42)62-55)33-26-29-36(30-27-33)60-45-23-11-7-19-40(45)49-38-17-4-5-18-39(38)54-50(53(49)60)41-20-8-12-24-47(41)61-54/h1-32H. The molecule has 9 aromatic carbocycles. The molecule has 0 unspecified atom stereocenters. The zero-order valence-electron chi connectivity index (χ0n) is 33.1. The van der Waals surface area contributed by atoms with Crippen LogP contribution < -0.4 is 0 Å². The van der Waals surface area contributed by atoms with Crippen molar-refractivity contribution in [2.75, 3.05) is 0 Å². The first-order valence-electron chi connectivity index (χ1n) is 20.9. The number of fused-ring (bicyclic) bond motifs is 16. The van der Waals surface area contributed by atoms with Gasteiger partial charge >= 0.3 is 0 Å². The average Bonchev–Trinajstić information content (AvgIpc) is 4.10. The van der Waals surface area contributed by atoms with Crippen LogP contribution in [0.3, 0.4) is 0 Å². The molecule has 0 aliphatic heterocycles. The van der Waals surface area contributed by atoms with Crippen LogP contribution in [0.15, 0.2) is 194 Å². The molecule has 0 aliphatic rings. The van der Waals surface area contributed by atoms with Crippen LogP contribution in [0.2, 0.25) is 0 Å². The van der Waals surface area contributed by atoms with Gasteiger partial charge in [-0.05, 0) is 72.1 Å². The molecule has 6 heteroatoms. The van der Waals surface area contributed by atoms with Crippen LogP contribution in [-0.2, 0) is 0 Å². The van der Waals surface area contributed by atoms with Crippen molar-refractivity contribution >= 4 is 118 Å². The summed E-state index contributed by atoms with van der Waals surface area (Å²) in [6, 6.07) is 70.3. The van der Waals surface area contributed by atoms with Gasteiger partial charge < -0.3 is 9.13 Å². The number of rotatable bonds is 4. The molecule has 0 aliphatic carbocycles. The first kappa shape index (κ1) is 34.1. The minimum absolute atomic E-state index is 0.722. The van der Waals surface area contributed by atoms with E-state index in [2.05, 4.69) is 203 Å². The Bertz CT molecular complexity index is 4150.